The zero-order valence-electron chi connectivity index (χ0n) is 14.7. The van der Waals surface area contributed by atoms with Crippen molar-refractivity contribution < 1.29 is 4.79 Å². The van der Waals surface area contributed by atoms with Crippen LogP contribution in [0.4, 0.5) is 0 Å². The Morgan fingerprint density at radius 3 is 2.71 bits per heavy atom. The molecule has 3 heterocycles. The predicted octanol–water partition coefficient (Wildman–Crippen LogP) is 2.68. The molecule has 1 fully saturated rings. The fourth-order valence-electron chi connectivity index (χ4n) is 3.37. The third-order valence-electron chi connectivity index (χ3n) is 4.69. The van der Waals surface area contributed by atoms with Crippen molar-refractivity contribution in [3.63, 3.8) is 0 Å². The fraction of sp³-hybridized carbons (Fsp3) is 0.588. The van der Waals surface area contributed by atoms with E-state index in [0.717, 1.165) is 31.6 Å². The Labute approximate surface area is 146 Å². The summed E-state index contributed by atoms with van der Waals surface area (Å²) < 4.78 is 1.92. The summed E-state index contributed by atoms with van der Waals surface area (Å²) in [6.07, 6.45) is 2.05. The maximum absolute atomic E-state index is 12.6. The first-order valence-electron chi connectivity index (χ1n) is 8.47. The SMILES string of the molecule is Cc1cc(C(C)NC(=O)c2nnn(C3CCNCC3)c2C)c(C)s1. The number of carbonyl (C=O) groups is 1. The van der Waals surface area contributed by atoms with E-state index in [1.54, 1.807) is 11.3 Å². The number of hydrogen-bond acceptors (Lipinski definition) is 5. The van der Waals surface area contributed by atoms with Gasteiger partial charge in [-0.3, -0.25) is 4.79 Å². The summed E-state index contributed by atoms with van der Waals surface area (Å²) in [6.45, 7) is 10.1. The highest BCUT2D eigenvalue weighted by Gasteiger charge is 2.24. The number of hydrogen-bond donors (Lipinski definition) is 2. The summed E-state index contributed by atoms with van der Waals surface area (Å²) in [6, 6.07) is 2.44. The second-order valence-electron chi connectivity index (χ2n) is 6.51. The lowest BCUT2D eigenvalue weighted by atomic mass is 10.1. The summed E-state index contributed by atoms with van der Waals surface area (Å²) in [7, 11) is 0. The Bertz CT molecular complexity index is 729. The van der Waals surface area contributed by atoms with Gasteiger partial charge in [-0.25, -0.2) is 4.68 Å². The molecule has 2 aromatic heterocycles. The van der Waals surface area contributed by atoms with Crippen LogP contribution >= 0.6 is 11.3 Å². The molecule has 1 aliphatic heterocycles. The molecule has 0 radical (unpaired) electrons. The van der Waals surface area contributed by atoms with Crippen molar-refractivity contribution in [1.29, 1.82) is 0 Å². The highest BCUT2D eigenvalue weighted by molar-refractivity contribution is 7.12. The van der Waals surface area contributed by atoms with Crippen LogP contribution in [0.2, 0.25) is 0 Å². The van der Waals surface area contributed by atoms with Crippen molar-refractivity contribution >= 4 is 17.2 Å². The third-order valence-corrected chi connectivity index (χ3v) is 5.67. The maximum Gasteiger partial charge on any atom is 0.274 e. The quantitative estimate of drug-likeness (QED) is 0.892. The van der Waals surface area contributed by atoms with Gasteiger partial charge in [0.2, 0.25) is 0 Å². The number of nitrogens with one attached hydrogen (secondary N) is 2. The number of rotatable bonds is 4. The van der Waals surface area contributed by atoms with Gasteiger partial charge in [0.05, 0.1) is 17.8 Å². The topological polar surface area (TPSA) is 71.8 Å². The van der Waals surface area contributed by atoms with Crippen molar-refractivity contribution in [2.75, 3.05) is 13.1 Å². The van der Waals surface area contributed by atoms with Crippen molar-refractivity contribution in [2.24, 2.45) is 0 Å². The zero-order valence-corrected chi connectivity index (χ0v) is 15.5. The van der Waals surface area contributed by atoms with Crippen LogP contribution in [0.15, 0.2) is 6.07 Å². The van der Waals surface area contributed by atoms with Gasteiger partial charge in [0.15, 0.2) is 5.69 Å². The van der Waals surface area contributed by atoms with E-state index in [1.165, 1.54) is 15.3 Å². The van der Waals surface area contributed by atoms with Crippen LogP contribution in [0.5, 0.6) is 0 Å². The van der Waals surface area contributed by atoms with Gasteiger partial charge >= 0.3 is 0 Å². The minimum Gasteiger partial charge on any atom is -0.344 e. The Hall–Kier alpha value is -1.73. The van der Waals surface area contributed by atoms with Gasteiger partial charge in [0, 0.05) is 9.75 Å². The molecular weight excluding hydrogens is 322 g/mol. The highest BCUT2D eigenvalue weighted by Crippen LogP contribution is 2.26. The largest absolute Gasteiger partial charge is 0.344 e. The van der Waals surface area contributed by atoms with Gasteiger partial charge in [-0.1, -0.05) is 5.21 Å². The molecule has 0 bridgehead atoms. The molecule has 2 N–H and O–H groups in total. The van der Waals surface area contributed by atoms with Crippen LogP contribution < -0.4 is 10.6 Å². The van der Waals surface area contributed by atoms with E-state index >= 15 is 0 Å². The molecule has 1 atom stereocenters. The Morgan fingerprint density at radius 2 is 2.08 bits per heavy atom. The monoisotopic (exact) mass is 347 g/mol. The first-order chi connectivity index (χ1) is 11.5. The van der Waals surface area contributed by atoms with E-state index in [0.29, 0.717) is 11.7 Å². The molecule has 6 nitrogen and oxygen atoms in total. The van der Waals surface area contributed by atoms with Gasteiger partial charge in [-0.15, -0.1) is 16.4 Å². The van der Waals surface area contributed by atoms with Gasteiger partial charge in [0.1, 0.15) is 0 Å². The Morgan fingerprint density at radius 1 is 1.38 bits per heavy atom. The molecule has 0 aromatic carbocycles. The van der Waals surface area contributed by atoms with Crippen LogP contribution in [0.3, 0.4) is 0 Å². The molecule has 0 aliphatic carbocycles. The van der Waals surface area contributed by atoms with Crippen molar-refractivity contribution in [1.82, 2.24) is 25.6 Å². The van der Waals surface area contributed by atoms with Crippen LogP contribution in [-0.2, 0) is 0 Å². The number of amides is 1. The van der Waals surface area contributed by atoms with E-state index in [-0.39, 0.29) is 11.9 Å². The molecular formula is C17H25N5OS. The first-order valence-corrected chi connectivity index (χ1v) is 9.29. The Balaban J connectivity index is 1.73. The van der Waals surface area contributed by atoms with E-state index in [4.69, 9.17) is 0 Å². The number of carbonyl (C=O) groups excluding carboxylic acids is 1. The summed E-state index contributed by atoms with van der Waals surface area (Å²) >= 11 is 1.76. The average Bonchev–Trinajstić information content (AvgIpc) is 3.10. The van der Waals surface area contributed by atoms with E-state index in [9.17, 15) is 4.79 Å². The minimum absolute atomic E-state index is 0.0362. The summed E-state index contributed by atoms with van der Waals surface area (Å²) in [4.78, 5) is 15.1. The lowest BCUT2D eigenvalue weighted by Crippen LogP contribution is -2.31. The predicted molar refractivity (Wildman–Crippen MR) is 95.6 cm³/mol. The lowest BCUT2D eigenvalue weighted by molar-refractivity contribution is 0.0934. The third kappa shape index (κ3) is 3.37. The summed E-state index contributed by atoms with van der Waals surface area (Å²) in [5.41, 5.74) is 2.46. The number of piperidine rings is 1. The number of nitrogens with zero attached hydrogens (tertiary/aromatic N) is 3. The van der Waals surface area contributed by atoms with Crippen molar-refractivity contribution in [3.05, 3.63) is 32.8 Å². The van der Waals surface area contributed by atoms with Crippen LogP contribution in [0.25, 0.3) is 0 Å². The standard InChI is InChI=1S/C17H25N5OS/c1-10-9-15(13(4)24-10)11(2)19-17(23)16-12(3)22(21-20-16)14-5-7-18-8-6-14/h9,11,14,18H,5-8H2,1-4H3,(H,19,23). The second-order valence-corrected chi connectivity index (χ2v) is 7.97. The lowest BCUT2D eigenvalue weighted by Gasteiger charge is -2.23. The minimum atomic E-state index is -0.150. The fourth-order valence-corrected chi connectivity index (χ4v) is 4.39. The molecule has 7 heteroatoms. The molecule has 1 amide bonds. The number of aromatic nitrogens is 3. The molecule has 1 unspecified atom stereocenters. The summed E-state index contributed by atoms with van der Waals surface area (Å²) in [5, 5.41) is 14.8. The average molecular weight is 347 g/mol. The van der Waals surface area contributed by atoms with Crippen molar-refractivity contribution in [2.45, 2.75) is 52.6 Å². The van der Waals surface area contributed by atoms with Crippen LogP contribution in [0.1, 0.15) is 63.3 Å². The van der Waals surface area contributed by atoms with Gasteiger partial charge < -0.3 is 10.6 Å². The Kier molecular flexibility index (Phi) is 5.01. The molecule has 130 valence electrons. The van der Waals surface area contributed by atoms with E-state index in [1.807, 2.05) is 18.5 Å². The molecule has 0 spiro atoms. The van der Waals surface area contributed by atoms with Crippen LogP contribution in [-0.4, -0.2) is 34.0 Å². The maximum atomic E-state index is 12.6. The van der Waals surface area contributed by atoms with E-state index in [2.05, 4.69) is 40.9 Å². The molecule has 2 aromatic rings. The summed E-state index contributed by atoms with van der Waals surface area (Å²) in [5.74, 6) is -0.150. The molecule has 24 heavy (non-hydrogen) atoms. The highest BCUT2D eigenvalue weighted by atomic mass is 32.1. The number of thiophene rings is 1. The van der Waals surface area contributed by atoms with Crippen molar-refractivity contribution in [3.8, 4) is 0 Å². The molecule has 1 aliphatic rings. The van der Waals surface area contributed by atoms with E-state index < -0.39 is 0 Å². The molecule has 0 saturated carbocycles. The first kappa shape index (κ1) is 17.1. The van der Waals surface area contributed by atoms with Gasteiger partial charge in [0.25, 0.3) is 5.91 Å². The van der Waals surface area contributed by atoms with Crippen LogP contribution in [0, 0.1) is 20.8 Å². The molecule has 1 saturated heterocycles. The molecule has 3 rings (SSSR count). The van der Waals surface area contributed by atoms with Gasteiger partial charge in [-0.05, 0) is 65.3 Å². The van der Waals surface area contributed by atoms with Gasteiger partial charge in [-0.2, -0.15) is 0 Å². The smallest absolute Gasteiger partial charge is 0.274 e. The normalized spacial score (nSPS) is 17.0. The zero-order chi connectivity index (χ0) is 17.3. The second kappa shape index (κ2) is 7.03. The number of aryl methyl sites for hydroxylation is 2.